The highest BCUT2D eigenvalue weighted by Crippen LogP contribution is 2.23. The van der Waals surface area contributed by atoms with E-state index in [-0.39, 0.29) is 0 Å². The first kappa shape index (κ1) is 15.6. The molecule has 0 fully saturated rings. The van der Waals surface area contributed by atoms with Crippen LogP contribution in [0.4, 0.5) is 0 Å². The van der Waals surface area contributed by atoms with Crippen LogP contribution in [-0.4, -0.2) is 4.98 Å². The van der Waals surface area contributed by atoms with Gasteiger partial charge in [0.1, 0.15) is 17.4 Å². The van der Waals surface area contributed by atoms with E-state index in [2.05, 4.69) is 47.5 Å². The lowest BCUT2D eigenvalue weighted by Gasteiger charge is -2.06. The topological polar surface area (TPSA) is 22.1 Å². The molecule has 1 aromatic heterocycles. The molecule has 1 heterocycles. The maximum Gasteiger partial charge on any atom is 0.119 e. The third-order valence-electron chi connectivity index (χ3n) is 3.86. The Kier molecular flexibility index (Phi) is 4.57. The van der Waals surface area contributed by atoms with Gasteiger partial charge in [-0.15, -0.1) is 11.3 Å². The van der Waals surface area contributed by atoms with Gasteiger partial charge in [-0.3, -0.25) is 0 Å². The summed E-state index contributed by atoms with van der Waals surface area (Å²) in [5, 5.41) is 1.02. The molecule has 0 bridgehead atoms. The Morgan fingerprint density at radius 1 is 0.800 bits per heavy atom. The standard InChI is InChI=1S/C22H17NOS/c1-2-6-18(7-3-1)16-24-19-13-10-17(11-14-19)12-15-22-23-20-8-4-5-9-21(20)25-22/h1-15H,16H2. The molecule has 0 saturated heterocycles. The van der Waals surface area contributed by atoms with E-state index in [1.807, 2.05) is 48.5 Å². The normalized spacial score (nSPS) is 11.2. The van der Waals surface area contributed by atoms with E-state index in [1.54, 1.807) is 11.3 Å². The van der Waals surface area contributed by atoms with E-state index in [4.69, 9.17) is 4.74 Å². The Morgan fingerprint density at radius 2 is 1.56 bits per heavy atom. The lowest BCUT2D eigenvalue weighted by Crippen LogP contribution is -1.94. The SMILES string of the molecule is C(=Cc1nc2ccccc2s1)c1ccc(OCc2ccccc2)cc1. The minimum Gasteiger partial charge on any atom is -0.489 e. The van der Waals surface area contributed by atoms with Crippen LogP contribution >= 0.6 is 11.3 Å². The maximum absolute atomic E-state index is 5.82. The fraction of sp³-hybridized carbons (Fsp3) is 0.0455. The molecule has 0 aliphatic heterocycles. The summed E-state index contributed by atoms with van der Waals surface area (Å²) in [5.74, 6) is 0.876. The van der Waals surface area contributed by atoms with Crippen LogP contribution in [-0.2, 0) is 6.61 Å². The third-order valence-corrected chi connectivity index (χ3v) is 4.86. The zero-order valence-corrected chi connectivity index (χ0v) is 14.4. The second-order valence-electron chi connectivity index (χ2n) is 5.70. The minimum absolute atomic E-state index is 0.585. The van der Waals surface area contributed by atoms with E-state index in [1.165, 1.54) is 10.3 Å². The highest BCUT2D eigenvalue weighted by Gasteiger charge is 2.00. The number of thiazole rings is 1. The molecule has 4 rings (SSSR count). The fourth-order valence-corrected chi connectivity index (χ4v) is 3.42. The van der Waals surface area contributed by atoms with Crippen molar-refractivity contribution in [3.05, 3.63) is 95.0 Å². The van der Waals surface area contributed by atoms with Gasteiger partial charge in [0.15, 0.2) is 0 Å². The van der Waals surface area contributed by atoms with Crippen molar-refractivity contribution in [3.63, 3.8) is 0 Å². The molecule has 0 atom stereocenters. The van der Waals surface area contributed by atoms with E-state index < -0.39 is 0 Å². The van der Waals surface area contributed by atoms with Gasteiger partial charge in [-0.05, 0) is 41.5 Å². The van der Waals surface area contributed by atoms with E-state index in [0.717, 1.165) is 21.8 Å². The summed E-state index contributed by atoms with van der Waals surface area (Å²) in [6.45, 7) is 0.585. The van der Waals surface area contributed by atoms with Crippen molar-refractivity contribution in [2.45, 2.75) is 6.61 Å². The summed E-state index contributed by atoms with van der Waals surface area (Å²) < 4.78 is 7.03. The van der Waals surface area contributed by atoms with Crippen molar-refractivity contribution in [2.24, 2.45) is 0 Å². The second-order valence-corrected chi connectivity index (χ2v) is 6.76. The Balaban J connectivity index is 1.41. The number of fused-ring (bicyclic) bond motifs is 1. The quantitative estimate of drug-likeness (QED) is 0.440. The van der Waals surface area contributed by atoms with Crippen molar-refractivity contribution >= 4 is 33.7 Å². The molecule has 0 N–H and O–H groups in total. The monoisotopic (exact) mass is 343 g/mol. The van der Waals surface area contributed by atoms with Crippen LogP contribution in [0.5, 0.6) is 5.75 Å². The molecule has 0 aliphatic carbocycles. The lowest BCUT2D eigenvalue weighted by molar-refractivity contribution is 0.306. The number of benzene rings is 3. The summed E-state index contributed by atoms with van der Waals surface area (Å²) in [7, 11) is 0. The number of para-hydroxylation sites is 1. The van der Waals surface area contributed by atoms with Gasteiger partial charge in [0.05, 0.1) is 10.2 Å². The van der Waals surface area contributed by atoms with Gasteiger partial charge in [-0.25, -0.2) is 4.98 Å². The van der Waals surface area contributed by atoms with Gasteiger partial charge < -0.3 is 4.74 Å². The van der Waals surface area contributed by atoms with Crippen molar-refractivity contribution in [3.8, 4) is 5.75 Å². The maximum atomic E-state index is 5.82. The van der Waals surface area contributed by atoms with Crippen molar-refractivity contribution in [1.82, 2.24) is 4.98 Å². The average Bonchev–Trinajstić information content (AvgIpc) is 3.09. The predicted octanol–water partition coefficient (Wildman–Crippen LogP) is 6.05. The minimum atomic E-state index is 0.585. The van der Waals surface area contributed by atoms with Gasteiger partial charge in [0.25, 0.3) is 0 Å². The van der Waals surface area contributed by atoms with Gasteiger partial charge >= 0.3 is 0 Å². The molecule has 0 spiro atoms. The number of hydrogen-bond acceptors (Lipinski definition) is 3. The number of hydrogen-bond donors (Lipinski definition) is 0. The fourth-order valence-electron chi connectivity index (χ4n) is 2.54. The number of rotatable bonds is 5. The molecular weight excluding hydrogens is 326 g/mol. The van der Waals surface area contributed by atoms with E-state index in [0.29, 0.717) is 6.61 Å². The molecule has 0 aliphatic rings. The molecule has 122 valence electrons. The largest absolute Gasteiger partial charge is 0.489 e. The number of aromatic nitrogens is 1. The number of ether oxygens (including phenoxy) is 1. The molecule has 25 heavy (non-hydrogen) atoms. The summed E-state index contributed by atoms with van der Waals surface area (Å²) in [6.07, 6.45) is 4.14. The predicted molar refractivity (Wildman–Crippen MR) is 106 cm³/mol. The summed E-state index contributed by atoms with van der Waals surface area (Å²) >= 11 is 1.70. The number of nitrogens with zero attached hydrogens (tertiary/aromatic N) is 1. The molecule has 0 saturated carbocycles. The van der Waals surface area contributed by atoms with Gasteiger partial charge in [0.2, 0.25) is 0 Å². The second kappa shape index (κ2) is 7.32. The van der Waals surface area contributed by atoms with Crippen molar-refractivity contribution in [1.29, 1.82) is 0 Å². The van der Waals surface area contributed by atoms with Crippen LogP contribution in [0.15, 0.2) is 78.9 Å². The van der Waals surface area contributed by atoms with Crippen molar-refractivity contribution < 1.29 is 4.74 Å². The van der Waals surface area contributed by atoms with Crippen LogP contribution in [0, 0.1) is 0 Å². The van der Waals surface area contributed by atoms with E-state index in [9.17, 15) is 0 Å². The highest BCUT2D eigenvalue weighted by molar-refractivity contribution is 7.19. The zero-order valence-electron chi connectivity index (χ0n) is 13.6. The van der Waals surface area contributed by atoms with Crippen LogP contribution in [0.2, 0.25) is 0 Å². The molecule has 3 heteroatoms. The Hall–Kier alpha value is -2.91. The molecule has 2 nitrogen and oxygen atoms in total. The average molecular weight is 343 g/mol. The van der Waals surface area contributed by atoms with Gasteiger partial charge in [-0.1, -0.05) is 60.7 Å². The zero-order chi connectivity index (χ0) is 16.9. The summed E-state index contributed by atoms with van der Waals surface area (Å²) in [6, 6.07) is 26.5. The van der Waals surface area contributed by atoms with Crippen molar-refractivity contribution in [2.75, 3.05) is 0 Å². The molecular formula is C22H17NOS. The molecule has 4 aromatic rings. The highest BCUT2D eigenvalue weighted by atomic mass is 32.1. The van der Waals surface area contributed by atoms with Gasteiger partial charge in [-0.2, -0.15) is 0 Å². The molecule has 0 radical (unpaired) electrons. The Labute approximate surface area is 151 Å². The molecule has 0 unspecified atom stereocenters. The van der Waals surface area contributed by atoms with Crippen LogP contribution in [0.1, 0.15) is 16.1 Å². The van der Waals surface area contributed by atoms with Crippen LogP contribution in [0.3, 0.4) is 0 Å². The summed E-state index contributed by atoms with van der Waals surface area (Å²) in [4.78, 5) is 4.62. The molecule has 3 aromatic carbocycles. The lowest BCUT2D eigenvalue weighted by atomic mass is 10.2. The first-order valence-electron chi connectivity index (χ1n) is 8.17. The smallest absolute Gasteiger partial charge is 0.119 e. The Bertz CT molecular complexity index is 954. The first-order valence-corrected chi connectivity index (χ1v) is 8.99. The first-order chi connectivity index (χ1) is 12.4. The Morgan fingerprint density at radius 3 is 2.36 bits per heavy atom. The summed E-state index contributed by atoms with van der Waals surface area (Å²) in [5.41, 5.74) is 3.35. The third kappa shape index (κ3) is 3.95. The molecule has 0 amide bonds. The van der Waals surface area contributed by atoms with Gasteiger partial charge in [0, 0.05) is 0 Å². The van der Waals surface area contributed by atoms with Crippen LogP contribution < -0.4 is 4.74 Å². The van der Waals surface area contributed by atoms with Crippen LogP contribution in [0.25, 0.3) is 22.4 Å². The van der Waals surface area contributed by atoms with E-state index >= 15 is 0 Å².